The van der Waals surface area contributed by atoms with Gasteiger partial charge in [0.15, 0.2) is 5.75 Å². The van der Waals surface area contributed by atoms with Crippen molar-refractivity contribution in [2.45, 2.75) is 24.2 Å². The minimum Gasteiger partial charge on any atom is -0.497 e. The van der Waals surface area contributed by atoms with Crippen molar-refractivity contribution in [2.75, 3.05) is 50.9 Å². The number of carbonyl (C=O) groups is 1. The van der Waals surface area contributed by atoms with E-state index in [1.165, 1.54) is 29.2 Å². The fraction of sp³-hybridized carbons (Fsp3) is 0.243. The molecule has 1 amide bonds. The van der Waals surface area contributed by atoms with E-state index < -0.39 is 33.7 Å². The number of piperazine rings is 1. The number of carbonyl (C=O) groups excluding carboxylic acids is 1. The molecule has 1 fully saturated rings. The molecular weight excluding hydrogens is 699 g/mol. The Kier molecular flexibility index (Phi) is 10.2. The van der Waals surface area contributed by atoms with Crippen LogP contribution in [0, 0.1) is 0 Å². The minimum absolute atomic E-state index is 0.0596. The number of alkyl halides is 3. The fourth-order valence-electron chi connectivity index (χ4n) is 6.32. The zero-order valence-corrected chi connectivity index (χ0v) is 29.3. The quantitative estimate of drug-likeness (QED) is 0.150. The third-order valence-electron chi connectivity index (χ3n) is 8.95. The number of nitrogens with one attached hydrogen (secondary N) is 1. The van der Waals surface area contributed by atoms with Crippen LogP contribution in [0.3, 0.4) is 0 Å². The number of nitrogens with two attached hydrogens (primary N) is 1. The Balaban J connectivity index is 1.24. The predicted octanol–water partition coefficient (Wildman–Crippen LogP) is 6.72. The first kappa shape index (κ1) is 36.3. The van der Waals surface area contributed by atoms with Crippen LogP contribution in [-0.2, 0) is 10.0 Å². The number of halogens is 3. The Bertz CT molecular complexity index is 2220. The number of methoxy groups -OCH3 is 2. The lowest BCUT2D eigenvalue weighted by Crippen LogP contribution is -2.49. The molecule has 4 aromatic carbocycles. The van der Waals surface area contributed by atoms with Crippen molar-refractivity contribution in [1.82, 2.24) is 14.8 Å². The SMILES string of the molecule is COc1ccc(C(C)N2CCN(C(=O)c3ccc(NS(=O)(=O)c4ccc(N)cc4-c4cccc5cccnc45)c(OC(F)(F)F)c3)CC2)c(OC)c1. The van der Waals surface area contributed by atoms with Crippen LogP contribution in [0.2, 0.25) is 0 Å². The summed E-state index contributed by atoms with van der Waals surface area (Å²) in [6, 6.07) is 21.6. The van der Waals surface area contributed by atoms with Crippen LogP contribution in [0.1, 0.15) is 28.9 Å². The molecule has 0 aliphatic carbocycles. The second-order valence-electron chi connectivity index (χ2n) is 12.1. The standard InChI is InChI=1S/C37H36F3N5O6S/c1-23(28-12-11-27(49-2)22-32(28)50-3)44-16-18-45(19-17-44)36(46)25-9-13-31(33(20-25)51-37(38,39)40)43-52(47,48)34-14-10-26(41)21-30(34)29-8-4-6-24-7-5-15-42-35(24)29/h4-15,20-23,43H,16-19,41H2,1-3H3. The molecule has 1 saturated heterocycles. The highest BCUT2D eigenvalue weighted by Gasteiger charge is 2.34. The molecule has 1 aromatic heterocycles. The van der Waals surface area contributed by atoms with Crippen LogP contribution in [0.25, 0.3) is 22.0 Å². The van der Waals surface area contributed by atoms with Crippen molar-refractivity contribution in [3.8, 4) is 28.4 Å². The zero-order chi connectivity index (χ0) is 37.2. The molecule has 6 rings (SSSR count). The maximum Gasteiger partial charge on any atom is 0.573 e. The molecule has 5 aromatic rings. The maximum absolute atomic E-state index is 13.9. The Hall–Kier alpha value is -5.54. The van der Waals surface area contributed by atoms with Gasteiger partial charge in [0.05, 0.1) is 30.3 Å². The molecule has 1 atom stereocenters. The Morgan fingerprint density at radius 2 is 1.63 bits per heavy atom. The number of nitrogens with zero attached hydrogens (tertiary/aromatic N) is 3. The number of hydrogen-bond donors (Lipinski definition) is 2. The fourth-order valence-corrected chi connectivity index (χ4v) is 7.59. The lowest BCUT2D eigenvalue weighted by Gasteiger charge is -2.38. The average Bonchev–Trinajstić information content (AvgIpc) is 3.13. The molecule has 52 heavy (non-hydrogen) atoms. The monoisotopic (exact) mass is 735 g/mol. The van der Waals surface area contributed by atoms with E-state index in [0.717, 1.165) is 23.1 Å². The third kappa shape index (κ3) is 7.70. The third-order valence-corrected chi connectivity index (χ3v) is 10.4. The molecule has 15 heteroatoms. The lowest BCUT2D eigenvalue weighted by molar-refractivity contribution is -0.274. The van der Waals surface area contributed by atoms with Gasteiger partial charge in [-0.15, -0.1) is 13.2 Å². The summed E-state index contributed by atoms with van der Waals surface area (Å²) in [5.74, 6) is -0.0922. The van der Waals surface area contributed by atoms with Crippen molar-refractivity contribution in [3.63, 3.8) is 0 Å². The highest BCUT2D eigenvalue weighted by Crippen LogP contribution is 2.38. The van der Waals surface area contributed by atoms with Crippen LogP contribution < -0.4 is 24.7 Å². The van der Waals surface area contributed by atoms with E-state index in [1.807, 2.05) is 31.2 Å². The van der Waals surface area contributed by atoms with Crippen LogP contribution in [0.4, 0.5) is 24.5 Å². The summed E-state index contributed by atoms with van der Waals surface area (Å²) in [5.41, 5.74) is 7.79. The lowest BCUT2D eigenvalue weighted by atomic mass is 10.0. The van der Waals surface area contributed by atoms with Crippen LogP contribution >= 0.6 is 0 Å². The van der Waals surface area contributed by atoms with Gasteiger partial charge in [0.25, 0.3) is 15.9 Å². The molecule has 0 radical (unpaired) electrons. The minimum atomic E-state index is -5.19. The van der Waals surface area contributed by atoms with Crippen molar-refractivity contribution < 1.29 is 40.6 Å². The number of rotatable bonds is 10. The van der Waals surface area contributed by atoms with Crippen LogP contribution in [0.15, 0.2) is 96.0 Å². The van der Waals surface area contributed by atoms with E-state index in [1.54, 1.807) is 44.7 Å². The molecule has 1 aliphatic heterocycles. The van der Waals surface area contributed by atoms with E-state index in [4.69, 9.17) is 15.2 Å². The van der Waals surface area contributed by atoms with E-state index >= 15 is 0 Å². The van der Waals surface area contributed by atoms with Crippen molar-refractivity contribution in [3.05, 3.63) is 102 Å². The normalized spacial score (nSPS) is 14.5. The largest absolute Gasteiger partial charge is 0.573 e. The number of sulfonamides is 1. The highest BCUT2D eigenvalue weighted by atomic mass is 32.2. The number of ether oxygens (including phenoxy) is 3. The second kappa shape index (κ2) is 14.6. The predicted molar refractivity (Wildman–Crippen MR) is 191 cm³/mol. The summed E-state index contributed by atoms with van der Waals surface area (Å²) < 4.78 is 86.1. The summed E-state index contributed by atoms with van der Waals surface area (Å²) in [7, 11) is -1.41. The number of pyridine rings is 1. The molecule has 1 aliphatic rings. The van der Waals surface area contributed by atoms with Crippen molar-refractivity contribution >= 4 is 38.2 Å². The number of hydrogen-bond acceptors (Lipinski definition) is 9. The first-order valence-corrected chi connectivity index (χ1v) is 17.7. The molecule has 0 spiro atoms. The topological polar surface area (TPSA) is 136 Å². The smallest absolute Gasteiger partial charge is 0.497 e. The number of para-hydroxylation sites is 1. The van der Waals surface area contributed by atoms with Gasteiger partial charge in [-0.25, -0.2) is 8.42 Å². The number of benzene rings is 4. The van der Waals surface area contributed by atoms with Gasteiger partial charge in [-0.1, -0.05) is 30.3 Å². The molecule has 11 nitrogen and oxygen atoms in total. The van der Waals surface area contributed by atoms with Gasteiger partial charge in [-0.2, -0.15) is 0 Å². The molecular formula is C37H36F3N5O6S. The van der Waals surface area contributed by atoms with Crippen LogP contribution in [-0.4, -0.2) is 75.9 Å². The Morgan fingerprint density at radius 1 is 0.885 bits per heavy atom. The van der Waals surface area contributed by atoms with E-state index in [2.05, 4.69) is 19.3 Å². The summed E-state index contributed by atoms with van der Waals surface area (Å²) in [5, 5.41) is 0.744. The first-order chi connectivity index (χ1) is 24.8. The summed E-state index contributed by atoms with van der Waals surface area (Å²) >= 11 is 0. The molecule has 0 saturated carbocycles. The van der Waals surface area contributed by atoms with Gasteiger partial charge in [0.1, 0.15) is 11.5 Å². The maximum atomic E-state index is 13.9. The zero-order valence-electron chi connectivity index (χ0n) is 28.5. The average molecular weight is 736 g/mol. The summed E-state index contributed by atoms with van der Waals surface area (Å²) in [6.45, 7) is 3.60. The first-order valence-electron chi connectivity index (χ1n) is 16.2. The van der Waals surface area contributed by atoms with Gasteiger partial charge in [-0.05, 0) is 55.5 Å². The molecule has 272 valence electrons. The van der Waals surface area contributed by atoms with Crippen molar-refractivity contribution in [1.29, 1.82) is 0 Å². The van der Waals surface area contributed by atoms with Crippen LogP contribution in [0.5, 0.6) is 17.2 Å². The van der Waals surface area contributed by atoms with Gasteiger partial charge >= 0.3 is 6.36 Å². The van der Waals surface area contributed by atoms with Crippen molar-refractivity contribution in [2.24, 2.45) is 0 Å². The molecule has 2 heterocycles. The molecule has 3 N–H and O–H groups in total. The number of anilines is 2. The number of amides is 1. The van der Waals surface area contributed by atoms with Gasteiger partial charge in [0.2, 0.25) is 0 Å². The second-order valence-corrected chi connectivity index (χ2v) is 13.8. The van der Waals surface area contributed by atoms with E-state index in [0.29, 0.717) is 48.8 Å². The number of nitrogen functional groups attached to an aromatic ring is 1. The Labute approximate surface area is 298 Å². The van der Waals surface area contributed by atoms with Gasteiger partial charge in [0, 0.05) is 77.8 Å². The highest BCUT2D eigenvalue weighted by molar-refractivity contribution is 7.92. The molecule has 1 unspecified atom stereocenters. The summed E-state index contributed by atoms with van der Waals surface area (Å²) in [6.07, 6.45) is -3.62. The molecule has 0 bridgehead atoms. The number of aromatic nitrogens is 1. The number of fused-ring (bicyclic) bond motifs is 1. The van der Waals surface area contributed by atoms with Gasteiger partial charge in [-0.3, -0.25) is 19.4 Å². The van der Waals surface area contributed by atoms with E-state index in [-0.39, 0.29) is 27.8 Å². The van der Waals surface area contributed by atoms with E-state index in [9.17, 15) is 26.4 Å². The summed E-state index contributed by atoms with van der Waals surface area (Å²) in [4.78, 5) is 21.4. The Morgan fingerprint density at radius 3 is 2.35 bits per heavy atom. The van der Waals surface area contributed by atoms with Gasteiger partial charge < -0.3 is 24.8 Å².